The molecule has 0 unspecified atom stereocenters. The van der Waals surface area contributed by atoms with Crippen molar-refractivity contribution in [1.29, 1.82) is 0 Å². The molecule has 5 aromatic rings. The number of benzene rings is 2. The Morgan fingerprint density at radius 2 is 1.90 bits per heavy atom. The monoisotopic (exact) mass is 413 g/mol. The van der Waals surface area contributed by atoms with Gasteiger partial charge < -0.3 is 4.52 Å². The van der Waals surface area contributed by atoms with Gasteiger partial charge in [-0.2, -0.15) is 4.98 Å². The normalized spacial score (nSPS) is 11.3. The molecule has 0 saturated heterocycles. The molecule has 0 N–H and O–H groups in total. The summed E-state index contributed by atoms with van der Waals surface area (Å²) in [5.41, 5.74) is 4.52. The molecule has 0 aliphatic carbocycles. The van der Waals surface area contributed by atoms with Gasteiger partial charge in [-0.25, -0.2) is 9.67 Å². The lowest BCUT2D eigenvalue weighted by molar-refractivity contribution is 0.369. The Bertz CT molecular complexity index is 1450. The molecule has 0 saturated carbocycles. The van der Waals surface area contributed by atoms with Crippen LogP contribution in [0.25, 0.3) is 22.6 Å². The van der Waals surface area contributed by atoms with Gasteiger partial charge in [-0.15, -0.1) is 5.10 Å². The molecule has 31 heavy (non-hydrogen) atoms. The van der Waals surface area contributed by atoms with Crippen molar-refractivity contribution in [1.82, 2.24) is 34.7 Å². The predicted molar refractivity (Wildman–Crippen MR) is 113 cm³/mol. The first kappa shape index (κ1) is 18.9. The zero-order valence-electron chi connectivity index (χ0n) is 17.1. The highest BCUT2D eigenvalue weighted by Crippen LogP contribution is 2.17. The van der Waals surface area contributed by atoms with Gasteiger partial charge in [0.2, 0.25) is 11.7 Å². The fourth-order valence-electron chi connectivity index (χ4n) is 3.42. The number of nitrogens with zero attached hydrogens (tertiary/aromatic N) is 7. The maximum Gasteiger partial charge on any atom is 0.283 e. The second-order valence-electron chi connectivity index (χ2n) is 7.40. The first-order valence-corrected chi connectivity index (χ1v) is 9.81. The third kappa shape index (κ3) is 3.61. The van der Waals surface area contributed by atoms with E-state index in [1.807, 2.05) is 62.4 Å². The Morgan fingerprint density at radius 3 is 2.74 bits per heavy atom. The van der Waals surface area contributed by atoms with Crippen molar-refractivity contribution in [3.63, 3.8) is 0 Å². The van der Waals surface area contributed by atoms with Gasteiger partial charge in [0.15, 0.2) is 11.2 Å². The average Bonchev–Trinajstić information content (AvgIpc) is 3.40. The van der Waals surface area contributed by atoms with Gasteiger partial charge in [0.05, 0.1) is 6.54 Å². The van der Waals surface area contributed by atoms with E-state index in [2.05, 4.69) is 25.4 Å². The number of fused-ring (bicyclic) bond motifs is 1. The Kier molecular flexibility index (Phi) is 4.62. The second kappa shape index (κ2) is 7.60. The van der Waals surface area contributed by atoms with E-state index in [0.29, 0.717) is 23.9 Å². The Labute approximate surface area is 177 Å². The minimum Gasteiger partial charge on any atom is -0.337 e. The summed E-state index contributed by atoms with van der Waals surface area (Å²) in [7, 11) is 0. The lowest BCUT2D eigenvalue weighted by Gasteiger charge is -2.06. The van der Waals surface area contributed by atoms with Crippen LogP contribution in [0.4, 0.5) is 0 Å². The SMILES string of the molecule is Cc1cccc(-c2noc(Cn3cnc4c(nnn4Cc4ccccc4C)c3=O)n2)c1. The van der Waals surface area contributed by atoms with Gasteiger partial charge in [0.1, 0.15) is 12.9 Å². The van der Waals surface area contributed by atoms with Gasteiger partial charge in [-0.05, 0) is 31.0 Å². The van der Waals surface area contributed by atoms with E-state index in [1.165, 1.54) is 10.9 Å². The molecule has 0 radical (unpaired) electrons. The summed E-state index contributed by atoms with van der Waals surface area (Å²) >= 11 is 0. The van der Waals surface area contributed by atoms with Crippen molar-refractivity contribution in [2.24, 2.45) is 0 Å². The number of rotatable bonds is 5. The molecule has 9 nitrogen and oxygen atoms in total. The number of aryl methyl sites for hydroxylation is 2. The summed E-state index contributed by atoms with van der Waals surface area (Å²) < 4.78 is 8.36. The van der Waals surface area contributed by atoms with Crippen molar-refractivity contribution < 1.29 is 4.52 Å². The van der Waals surface area contributed by atoms with Crippen LogP contribution in [0.15, 0.2) is 64.2 Å². The van der Waals surface area contributed by atoms with Crippen LogP contribution in [-0.2, 0) is 13.1 Å². The molecular formula is C22H19N7O2. The molecule has 0 amide bonds. The maximum atomic E-state index is 12.9. The van der Waals surface area contributed by atoms with Crippen molar-refractivity contribution in [3.8, 4) is 11.4 Å². The first-order valence-electron chi connectivity index (χ1n) is 9.81. The Hall–Kier alpha value is -4.14. The van der Waals surface area contributed by atoms with E-state index in [-0.39, 0.29) is 17.6 Å². The Balaban J connectivity index is 1.42. The van der Waals surface area contributed by atoms with Crippen molar-refractivity contribution in [3.05, 3.63) is 87.8 Å². The topological polar surface area (TPSA) is 105 Å². The third-order valence-electron chi connectivity index (χ3n) is 5.12. The number of hydrogen-bond acceptors (Lipinski definition) is 7. The fraction of sp³-hybridized carbons (Fsp3) is 0.182. The van der Waals surface area contributed by atoms with Crippen LogP contribution in [0.1, 0.15) is 22.6 Å². The third-order valence-corrected chi connectivity index (χ3v) is 5.12. The molecule has 5 rings (SSSR count). The predicted octanol–water partition coefficient (Wildman–Crippen LogP) is 2.75. The molecule has 0 aliphatic heterocycles. The van der Waals surface area contributed by atoms with E-state index < -0.39 is 0 Å². The summed E-state index contributed by atoms with van der Waals surface area (Å²) in [6, 6.07) is 15.8. The molecule has 3 heterocycles. The van der Waals surface area contributed by atoms with Crippen molar-refractivity contribution in [2.75, 3.05) is 0 Å². The van der Waals surface area contributed by atoms with Gasteiger partial charge in [0, 0.05) is 5.56 Å². The van der Waals surface area contributed by atoms with Gasteiger partial charge in [-0.1, -0.05) is 58.4 Å². The molecule has 2 aromatic carbocycles. The quantitative estimate of drug-likeness (QED) is 0.436. The van der Waals surface area contributed by atoms with Crippen LogP contribution >= 0.6 is 0 Å². The maximum absolute atomic E-state index is 12.9. The zero-order chi connectivity index (χ0) is 21.4. The average molecular weight is 413 g/mol. The Morgan fingerprint density at radius 1 is 1.03 bits per heavy atom. The highest BCUT2D eigenvalue weighted by molar-refractivity contribution is 5.67. The molecule has 3 aromatic heterocycles. The smallest absolute Gasteiger partial charge is 0.283 e. The van der Waals surface area contributed by atoms with E-state index in [4.69, 9.17) is 4.52 Å². The standard InChI is InChI=1S/C22H19N7O2/c1-14-6-5-9-16(10-14)20-24-18(31-26-20)12-28-13-23-21-19(22(28)30)25-27-29(21)11-17-8-4-3-7-15(17)2/h3-10,13H,11-12H2,1-2H3. The second-order valence-corrected chi connectivity index (χ2v) is 7.40. The molecule has 0 spiro atoms. The highest BCUT2D eigenvalue weighted by Gasteiger charge is 2.15. The molecule has 0 atom stereocenters. The van der Waals surface area contributed by atoms with Gasteiger partial charge in [0.25, 0.3) is 5.56 Å². The number of hydrogen-bond donors (Lipinski definition) is 0. The fourth-order valence-corrected chi connectivity index (χ4v) is 3.42. The van der Waals surface area contributed by atoms with E-state index in [1.54, 1.807) is 4.68 Å². The summed E-state index contributed by atoms with van der Waals surface area (Å²) in [6.07, 6.45) is 1.46. The van der Waals surface area contributed by atoms with Crippen LogP contribution in [0.3, 0.4) is 0 Å². The highest BCUT2D eigenvalue weighted by atomic mass is 16.5. The van der Waals surface area contributed by atoms with Gasteiger partial charge in [-0.3, -0.25) is 9.36 Å². The molecule has 0 bridgehead atoms. The van der Waals surface area contributed by atoms with Crippen LogP contribution in [-0.4, -0.2) is 34.7 Å². The minimum absolute atomic E-state index is 0.102. The summed E-state index contributed by atoms with van der Waals surface area (Å²) in [5.74, 6) is 0.789. The van der Waals surface area contributed by atoms with Crippen LogP contribution in [0.5, 0.6) is 0 Å². The lowest BCUT2D eigenvalue weighted by Crippen LogP contribution is -2.21. The van der Waals surface area contributed by atoms with E-state index >= 15 is 0 Å². The van der Waals surface area contributed by atoms with Crippen molar-refractivity contribution in [2.45, 2.75) is 26.9 Å². The van der Waals surface area contributed by atoms with Crippen LogP contribution < -0.4 is 5.56 Å². The largest absolute Gasteiger partial charge is 0.337 e. The first-order chi connectivity index (χ1) is 15.1. The van der Waals surface area contributed by atoms with Crippen LogP contribution in [0.2, 0.25) is 0 Å². The van der Waals surface area contributed by atoms with E-state index in [0.717, 1.165) is 22.3 Å². The summed E-state index contributed by atoms with van der Waals surface area (Å²) in [6.45, 7) is 4.62. The molecule has 154 valence electrons. The molecule has 0 fully saturated rings. The van der Waals surface area contributed by atoms with E-state index in [9.17, 15) is 4.79 Å². The molecular weight excluding hydrogens is 394 g/mol. The van der Waals surface area contributed by atoms with Gasteiger partial charge >= 0.3 is 0 Å². The van der Waals surface area contributed by atoms with Crippen LogP contribution in [0, 0.1) is 13.8 Å². The number of aromatic nitrogens is 7. The summed E-state index contributed by atoms with van der Waals surface area (Å²) in [5, 5.41) is 12.2. The molecule has 9 heteroatoms. The van der Waals surface area contributed by atoms with Crippen molar-refractivity contribution >= 4 is 11.2 Å². The molecule has 0 aliphatic rings. The lowest BCUT2D eigenvalue weighted by atomic mass is 10.1. The summed E-state index contributed by atoms with van der Waals surface area (Å²) in [4.78, 5) is 21.7. The zero-order valence-corrected chi connectivity index (χ0v) is 17.1. The minimum atomic E-state index is -0.309.